The monoisotopic (exact) mass is 327 g/mol. The first-order valence-electron chi connectivity index (χ1n) is 6.57. The van der Waals surface area contributed by atoms with Gasteiger partial charge in [-0.1, -0.05) is 11.8 Å². The highest BCUT2D eigenvalue weighted by Crippen LogP contribution is 2.26. The smallest absolute Gasteiger partial charge is 0.350 e. The number of nitrogens with zero attached hydrogens (tertiary/aromatic N) is 3. The molecular formula is C13H14ClN3O3S. The Labute approximate surface area is 130 Å². The molecular weight excluding hydrogens is 314 g/mol. The summed E-state index contributed by atoms with van der Waals surface area (Å²) in [6, 6.07) is 1.55. The summed E-state index contributed by atoms with van der Waals surface area (Å²) >= 11 is 7.24. The van der Waals surface area contributed by atoms with Gasteiger partial charge in [-0.3, -0.25) is 0 Å². The molecule has 8 heteroatoms. The van der Waals surface area contributed by atoms with Gasteiger partial charge in [0.05, 0.1) is 12.1 Å². The molecule has 0 N–H and O–H groups in total. The largest absolute Gasteiger partial charge is 0.410 e. The Morgan fingerprint density at radius 3 is 3.00 bits per heavy atom. The van der Waals surface area contributed by atoms with Crippen molar-refractivity contribution >= 4 is 40.1 Å². The fourth-order valence-corrected chi connectivity index (χ4v) is 2.84. The van der Waals surface area contributed by atoms with Gasteiger partial charge in [0.2, 0.25) is 0 Å². The maximum absolute atomic E-state index is 12.2. The predicted molar refractivity (Wildman–Crippen MR) is 82.5 cm³/mol. The maximum Gasteiger partial charge on any atom is 0.350 e. The number of ether oxygens (including phenoxy) is 1. The van der Waals surface area contributed by atoms with Gasteiger partial charge >= 0.3 is 5.63 Å². The minimum absolute atomic E-state index is 0.0309. The number of thioether (sulfide) groups is 1. The number of rotatable bonds is 2. The number of aromatic nitrogens is 2. The van der Waals surface area contributed by atoms with Crippen LogP contribution in [0.4, 0.5) is 5.82 Å². The first kappa shape index (κ1) is 14.6. The van der Waals surface area contributed by atoms with E-state index in [-0.39, 0.29) is 5.22 Å². The molecule has 1 aliphatic rings. The number of fused-ring (bicyclic) bond motifs is 1. The number of hydrogen-bond acceptors (Lipinski definition) is 7. The van der Waals surface area contributed by atoms with Crippen molar-refractivity contribution in [3.63, 3.8) is 0 Å². The van der Waals surface area contributed by atoms with Gasteiger partial charge < -0.3 is 14.1 Å². The SMILES string of the molecule is CSc1nc(N2CCCOCC2)c2c(=O)oc(Cl)cc2n1. The summed E-state index contributed by atoms with van der Waals surface area (Å²) in [6.07, 6.45) is 2.78. The Balaban J connectivity index is 2.21. The van der Waals surface area contributed by atoms with E-state index >= 15 is 0 Å². The zero-order valence-electron chi connectivity index (χ0n) is 11.5. The van der Waals surface area contributed by atoms with Crippen LogP contribution in [0.3, 0.4) is 0 Å². The van der Waals surface area contributed by atoms with E-state index in [0.29, 0.717) is 35.0 Å². The molecule has 2 aromatic heterocycles. The van der Waals surface area contributed by atoms with E-state index in [2.05, 4.69) is 9.97 Å². The molecule has 1 fully saturated rings. The van der Waals surface area contributed by atoms with Crippen LogP contribution in [0.25, 0.3) is 10.9 Å². The quantitative estimate of drug-likeness (QED) is 0.618. The van der Waals surface area contributed by atoms with Crippen LogP contribution < -0.4 is 10.5 Å². The van der Waals surface area contributed by atoms with Gasteiger partial charge in [0, 0.05) is 25.8 Å². The van der Waals surface area contributed by atoms with Gasteiger partial charge in [0.25, 0.3) is 0 Å². The third-order valence-electron chi connectivity index (χ3n) is 3.25. The molecule has 0 aromatic carbocycles. The normalized spacial score (nSPS) is 16.2. The molecule has 3 heterocycles. The zero-order valence-corrected chi connectivity index (χ0v) is 13.0. The van der Waals surface area contributed by atoms with Crippen molar-refractivity contribution in [1.29, 1.82) is 0 Å². The molecule has 3 rings (SSSR count). The maximum atomic E-state index is 12.2. The lowest BCUT2D eigenvalue weighted by molar-refractivity contribution is 0.152. The standard InChI is InChI=1S/C13H14ClN3O3S/c1-21-13-15-8-7-9(14)20-12(18)10(8)11(16-13)17-3-2-5-19-6-4-17/h7H,2-6H2,1H3. The second-order valence-electron chi connectivity index (χ2n) is 4.59. The molecule has 0 atom stereocenters. The fourth-order valence-electron chi connectivity index (χ4n) is 2.30. The highest BCUT2D eigenvalue weighted by atomic mass is 35.5. The Hall–Kier alpha value is -1.31. The molecule has 6 nitrogen and oxygen atoms in total. The van der Waals surface area contributed by atoms with Crippen LogP contribution >= 0.6 is 23.4 Å². The molecule has 0 spiro atoms. The van der Waals surface area contributed by atoms with Crippen molar-refractivity contribution in [2.45, 2.75) is 11.6 Å². The van der Waals surface area contributed by atoms with Crippen LogP contribution in [0.5, 0.6) is 0 Å². The molecule has 0 radical (unpaired) electrons. The van der Waals surface area contributed by atoms with Gasteiger partial charge in [0.15, 0.2) is 10.4 Å². The summed E-state index contributed by atoms with van der Waals surface area (Å²) in [5.74, 6) is 0.597. The van der Waals surface area contributed by atoms with Crippen molar-refractivity contribution < 1.29 is 9.15 Å². The molecule has 2 aromatic rings. The molecule has 1 aliphatic heterocycles. The zero-order chi connectivity index (χ0) is 14.8. The molecule has 0 saturated carbocycles. The van der Waals surface area contributed by atoms with Crippen LogP contribution in [-0.4, -0.2) is 42.5 Å². The molecule has 0 unspecified atom stereocenters. The van der Waals surface area contributed by atoms with Gasteiger partial charge in [-0.2, -0.15) is 0 Å². The number of anilines is 1. The van der Waals surface area contributed by atoms with Crippen LogP contribution in [-0.2, 0) is 4.74 Å². The summed E-state index contributed by atoms with van der Waals surface area (Å²) in [6.45, 7) is 2.79. The Kier molecular flexibility index (Phi) is 4.32. The molecule has 0 amide bonds. The van der Waals surface area contributed by atoms with E-state index in [9.17, 15) is 4.79 Å². The lowest BCUT2D eigenvalue weighted by atomic mass is 10.2. The van der Waals surface area contributed by atoms with Crippen LogP contribution in [0.2, 0.25) is 5.22 Å². The van der Waals surface area contributed by atoms with Gasteiger partial charge in [0.1, 0.15) is 11.2 Å². The van der Waals surface area contributed by atoms with Crippen molar-refractivity contribution in [2.24, 2.45) is 0 Å². The van der Waals surface area contributed by atoms with Crippen LogP contribution in [0.15, 0.2) is 20.4 Å². The van der Waals surface area contributed by atoms with E-state index in [4.69, 9.17) is 20.8 Å². The number of halogens is 1. The summed E-state index contributed by atoms with van der Waals surface area (Å²) in [5.41, 5.74) is 0.00100. The molecule has 112 valence electrons. The highest BCUT2D eigenvalue weighted by molar-refractivity contribution is 7.98. The molecule has 0 aliphatic carbocycles. The lowest BCUT2D eigenvalue weighted by Crippen LogP contribution is -2.28. The minimum atomic E-state index is -0.509. The van der Waals surface area contributed by atoms with Crippen LogP contribution in [0.1, 0.15) is 6.42 Å². The lowest BCUT2D eigenvalue weighted by Gasteiger charge is -2.21. The van der Waals surface area contributed by atoms with Gasteiger partial charge in [-0.15, -0.1) is 0 Å². The van der Waals surface area contributed by atoms with Crippen molar-refractivity contribution in [3.8, 4) is 0 Å². The highest BCUT2D eigenvalue weighted by Gasteiger charge is 2.20. The summed E-state index contributed by atoms with van der Waals surface area (Å²) in [5, 5.41) is 1.01. The minimum Gasteiger partial charge on any atom is -0.410 e. The van der Waals surface area contributed by atoms with E-state index in [1.165, 1.54) is 11.8 Å². The summed E-state index contributed by atoms with van der Waals surface area (Å²) < 4.78 is 10.4. The summed E-state index contributed by atoms with van der Waals surface area (Å²) in [7, 11) is 0. The van der Waals surface area contributed by atoms with E-state index in [0.717, 1.165) is 19.6 Å². The van der Waals surface area contributed by atoms with Crippen molar-refractivity contribution in [1.82, 2.24) is 9.97 Å². The van der Waals surface area contributed by atoms with Gasteiger partial charge in [-0.25, -0.2) is 14.8 Å². The Morgan fingerprint density at radius 2 is 2.19 bits per heavy atom. The second kappa shape index (κ2) is 6.21. The number of hydrogen-bond donors (Lipinski definition) is 0. The average molecular weight is 328 g/mol. The van der Waals surface area contributed by atoms with Crippen LogP contribution in [0, 0.1) is 0 Å². The molecule has 1 saturated heterocycles. The van der Waals surface area contributed by atoms with E-state index in [1.54, 1.807) is 6.07 Å². The fraction of sp³-hybridized carbons (Fsp3) is 0.462. The first-order chi connectivity index (χ1) is 10.2. The third kappa shape index (κ3) is 3.00. The average Bonchev–Trinajstić information content (AvgIpc) is 2.74. The topological polar surface area (TPSA) is 68.5 Å². The first-order valence-corrected chi connectivity index (χ1v) is 8.17. The van der Waals surface area contributed by atoms with E-state index in [1.807, 2.05) is 11.2 Å². The third-order valence-corrected chi connectivity index (χ3v) is 3.98. The van der Waals surface area contributed by atoms with Crippen molar-refractivity contribution in [2.75, 3.05) is 37.5 Å². The summed E-state index contributed by atoms with van der Waals surface area (Å²) in [4.78, 5) is 23.0. The Bertz CT molecular complexity index is 714. The Morgan fingerprint density at radius 1 is 1.33 bits per heavy atom. The van der Waals surface area contributed by atoms with Gasteiger partial charge in [-0.05, 0) is 24.3 Å². The van der Waals surface area contributed by atoms with E-state index < -0.39 is 5.63 Å². The molecule has 21 heavy (non-hydrogen) atoms. The second-order valence-corrected chi connectivity index (χ2v) is 5.73. The van der Waals surface area contributed by atoms with Crippen molar-refractivity contribution in [3.05, 3.63) is 21.7 Å². The molecule has 0 bridgehead atoms. The predicted octanol–water partition coefficient (Wildman–Crippen LogP) is 2.19.